The minimum Gasteiger partial charge on any atom is -0.461 e. The van der Waals surface area contributed by atoms with Crippen molar-refractivity contribution in [2.24, 2.45) is 5.92 Å². The number of esters is 1. The Morgan fingerprint density at radius 1 is 1.14 bits per heavy atom. The van der Waals surface area contributed by atoms with Gasteiger partial charge < -0.3 is 14.6 Å². The molecule has 7 heteroatoms. The third-order valence-corrected chi connectivity index (χ3v) is 3.85. The summed E-state index contributed by atoms with van der Waals surface area (Å²) in [6.07, 6.45) is -0.329. The molecule has 2 rings (SSSR count). The maximum atomic E-state index is 12.6. The molecule has 0 fully saturated rings. The van der Waals surface area contributed by atoms with Gasteiger partial charge in [-0.25, -0.2) is 0 Å². The van der Waals surface area contributed by atoms with Crippen molar-refractivity contribution in [3.05, 3.63) is 53.4 Å². The summed E-state index contributed by atoms with van der Waals surface area (Å²) >= 11 is 0. The van der Waals surface area contributed by atoms with Gasteiger partial charge in [0.25, 0.3) is 0 Å². The molecule has 1 N–H and O–H groups in total. The lowest BCUT2D eigenvalue weighted by Crippen LogP contribution is -2.42. The van der Waals surface area contributed by atoms with Gasteiger partial charge in [-0.05, 0) is 33.3 Å². The Bertz CT molecular complexity index is 821. The van der Waals surface area contributed by atoms with Gasteiger partial charge in [0.15, 0.2) is 5.78 Å². The fourth-order valence-electron chi connectivity index (χ4n) is 2.60. The van der Waals surface area contributed by atoms with Crippen LogP contribution in [0.3, 0.4) is 0 Å². The van der Waals surface area contributed by atoms with E-state index in [-0.39, 0.29) is 36.8 Å². The number of aryl methyl sites for hydroxylation is 1. The summed E-state index contributed by atoms with van der Waals surface area (Å²) in [6, 6.07) is 10.7. The number of carbonyl (C=O) groups excluding carboxylic acids is 3. The topological polar surface area (TPSA) is 98.5 Å². The van der Waals surface area contributed by atoms with Gasteiger partial charge in [0.2, 0.25) is 5.91 Å². The van der Waals surface area contributed by atoms with E-state index in [0.717, 1.165) is 5.56 Å². The van der Waals surface area contributed by atoms with Gasteiger partial charge in [-0.3, -0.25) is 14.4 Å². The van der Waals surface area contributed by atoms with E-state index in [2.05, 4.69) is 10.5 Å². The van der Waals surface area contributed by atoms with Gasteiger partial charge in [-0.1, -0.05) is 35.5 Å². The number of carbonyl (C=O) groups is 3. The van der Waals surface area contributed by atoms with Crippen molar-refractivity contribution in [2.75, 3.05) is 0 Å². The molecule has 1 aromatic heterocycles. The average Bonchev–Trinajstić information content (AvgIpc) is 3.05. The quantitative estimate of drug-likeness (QED) is 0.552. The Morgan fingerprint density at radius 2 is 1.82 bits per heavy atom. The van der Waals surface area contributed by atoms with Gasteiger partial charge >= 0.3 is 5.97 Å². The monoisotopic (exact) mass is 386 g/mol. The first-order chi connectivity index (χ1) is 13.1. The summed E-state index contributed by atoms with van der Waals surface area (Å²) in [5.41, 5.74) is 0.518. The zero-order valence-corrected chi connectivity index (χ0v) is 16.7. The van der Waals surface area contributed by atoms with Crippen LogP contribution < -0.4 is 5.32 Å². The van der Waals surface area contributed by atoms with Crippen molar-refractivity contribution in [1.29, 1.82) is 0 Å². The van der Waals surface area contributed by atoms with Gasteiger partial charge in [0, 0.05) is 24.4 Å². The second-order valence-electron chi connectivity index (χ2n) is 7.74. The van der Waals surface area contributed by atoms with Crippen LogP contribution in [-0.4, -0.2) is 28.4 Å². The average molecular weight is 386 g/mol. The molecule has 150 valence electrons. The summed E-state index contributed by atoms with van der Waals surface area (Å²) in [5.74, 6) is -1.70. The van der Waals surface area contributed by atoms with Crippen molar-refractivity contribution in [1.82, 2.24) is 10.5 Å². The van der Waals surface area contributed by atoms with E-state index in [4.69, 9.17) is 9.26 Å². The summed E-state index contributed by atoms with van der Waals surface area (Å²) < 4.78 is 10.3. The number of nitrogens with zero attached hydrogens (tertiary/aromatic N) is 1. The summed E-state index contributed by atoms with van der Waals surface area (Å²) in [5, 5.41) is 6.49. The molecule has 28 heavy (non-hydrogen) atoms. The third kappa shape index (κ3) is 6.98. The van der Waals surface area contributed by atoms with Crippen LogP contribution in [0.15, 0.2) is 40.9 Å². The maximum absolute atomic E-state index is 12.6. The smallest absolute Gasteiger partial charge is 0.310 e. The van der Waals surface area contributed by atoms with E-state index < -0.39 is 17.4 Å². The number of hydrogen-bond acceptors (Lipinski definition) is 6. The number of benzene rings is 1. The molecule has 1 aromatic carbocycles. The number of hydrogen-bond donors (Lipinski definition) is 1. The minimum atomic E-state index is -0.907. The van der Waals surface area contributed by atoms with Crippen LogP contribution in [-0.2, 0) is 20.9 Å². The zero-order chi connectivity index (χ0) is 20.7. The summed E-state index contributed by atoms with van der Waals surface area (Å²) in [7, 11) is 0. The van der Waals surface area contributed by atoms with Crippen molar-refractivity contribution < 1.29 is 23.6 Å². The van der Waals surface area contributed by atoms with Crippen LogP contribution in [0.5, 0.6) is 0 Å². The second kappa shape index (κ2) is 9.30. The molecular formula is C21H26N2O5. The fraction of sp³-hybridized carbons (Fsp3) is 0.429. The fourth-order valence-corrected chi connectivity index (χ4v) is 2.60. The van der Waals surface area contributed by atoms with E-state index >= 15 is 0 Å². The Labute approximate surface area is 164 Å². The molecule has 0 spiro atoms. The SMILES string of the molecule is Cc1cc(C(=O)C[C@@H](CC(=O)NC(C)(C)C)C(=O)OCc2ccccc2)no1. The molecule has 1 atom stereocenters. The van der Waals surface area contributed by atoms with Crippen LogP contribution in [0.25, 0.3) is 0 Å². The van der Waals surface area contributed by atoms with Crippen LogP contribution in [0, 0.1) is 12.8 Å². The normalized spacial score (nSPS) is 12.3. The van der Waals surface area contributed by atoms with Crippen LogP contribution in [0.2, 0.25) is 0 Å². The molecule has 0 aliphatic rings. The van der Waals surface area contributed by atoms with Crippen molar-refractivity contribution in [2.45, 2.75) is 52.7 Å². The molecule has 0 aliphatic heterocycles. The Kier molecular flexibility index (Phi) is 7.09. The van der Waals surface area contributed by atoms with Crippen LogP contribution in [0.1, 0.15) is 55.4 Å². The standard InChI is InChI=1S/C21H26N2O5/c1-14-10-17(23-28-14)18(24)11-16(12-19(25)22-21(2,3)4)20(26)27-13-15-8-6-5-7-9-15/h5-10,16H,11-13H2,1-4H3,(H,22,25)/t16-/m0/s1. The Balaban J connectivity index is 2.06. The van der Waals surface area contributed by atoms with E-state index in [1.165, 1.54) is 6.07 Å². The lowest BCUT2D eigenvalue weighted by Gasteiger charge is -2.22. The van der Waals surface area contributed by atoms with Crippen molar-refractivity contribution in [3.63, 3.8) is 0 Å². The largest absolute Gasteiger partial charge is 0.461 e. The highest BCUT2D eigenvalue weighted by Gasteiger charge is 2.29. The molecule has 7 nitrogen and oxygen atoms in total. The molecule has 0 saturated heterocycles. The zero-order valence-electron chi connectivity index (χ0n) is 16.7. The van der Waals surface area contributed by atoms with E-state index in [1.807, 2.05) is 51.1 Å². The molecule has 0 unspecified atom stereocenters. The first-order valence-electron chi connectivity index (χ1n) is 9.12. The third-order valence-electron chi connectivity index (χ3n) is 3.85. The molecule has 0 aliphatic carbocycles. The second-order valence-corrected chi connectivity index (χ2v) is 7.74. The number of nitrogens with one attached hydrogen (secondary N) is 1. The molecule has 1 amide bonds. The maximum Gasteiger partial charge on any atom is 0.310 e. The minimum absolute atomic E-state index is 0.0777. The lowest BCUT2D eigenvalue weighted by atomic mass is 9.96. The van der Waals surface area contributed by atoms with Gasteiger partial charge in [-0.2, -0.15) is 0 Å². The number of ketones is 1. The highest BCUT2D eigenvalue weighted by molar-refractivity contribution is 5.97. The predicted molar refractivity (Wildman–Crippen MR) is 102 cm³/mol. The summed E-state index contributed by atoms with van der Waals surface area (Å²) in [4.78, 5) is 37.3. The van der Waals surface area contributed by atoms with Gasteiger partial charge in [0.05, 0.1) is 5.92 Å². The van der Waals surface area contributed by atoms with E-state index in [0.29, 0.717) is 5.76 Å². The molecule has 2 aromatic rings. The number of Topliss-reactive ketones (excluding diaryl/α,β-unsaturated/α-hetero) is 1. The number of amides is 1. The van der Waals surface area contributed by atoms with Crippen LogP contribution in [0.4, 0.5) is 0 Å². The summed E-state index contributed by atoms with van der Waals surface area (Å²) in [6.45, 7) is 7.28. The van der Waals surface area contributed by atoms with Gasteiger partial charge in [0.1, 0.15) is 18.1 Å². The first-order valence-corrected chi connectivity index (χ1v) is 9.12. The Morgan fingerprint density at radius 3 is 2.39 bits per heavy atom. The van der Waals surface area contributed by atoms with Crippen LogP contribution >= 0.6 is 0 Å². The highest BCUT2D eigenvalue weighted by Crippen LogP contribution is 2.18. The van der Waals surface area contributed by atoms with E-state index in [9.17, 15) is 14.4 Å². The van der Waals surface area contributed by atoms with E-state index in [1.54, 1.807) is 6.92 Å². The lowest BCUT2D eigenvalue weighted by molar-refractivity contribution is -0.151. The van der Waals surface area contributed by atoms with Crippen molar-refractivity contribution >= 4 is 17.7 Å². The highest BCUT2D eigenvalue weighted by atomic mass is 16.5. The number of aromatic nitrogens is 1. The number of rotatable bonds is 8. The Hall–Kier alpha value is -2.96. The molecule has 0 bridgehead atoms. The number of ether oxygens (including phenoxy) is 1. The molecule has 1 heterocycles. The van der Waals surface area contributed by atoms with Crippen molar-refractivity contribution in [3.8, 4) is 0 Å². The molecule has 0 saturated carbocycles. The molecule has 0 radical (unpaired) electrons. The molecular weight excluding hydrogens is 360 g/mol. The first kappa shape index (κ1) is 21.3. The van der Waals surface area contributed by atoms with Gasteiger partial charge in [-0.15, -0.1) is 0 Å². The predicted octanol–water partition coefficient (Wildman–Crippen LogP) is 3.22.